The van der Waals surface area contributed by atoms with Gasteiger partial charge in [0.1, 0.15) is 0 Å². The van der Waals surface area contributed by atoms with Crippen LogP contribution in [0.4, 0.5) is 0 Å². The topological polar surface area (TPSA) is 89.4 Å². The van der Waals surface area contributed by atoms with E-state index in [9.17, 15) is 9.59 Å². The SMILES string of the molecule is NC(=O)C1CCN(C(=O)CC(N)c2ccccc2)CC1. The van der Waals surface area contributed by atoms with E-state index >= 15 is 0 Å². The van der Waals surface area contributed by atoms with Gasteiger partial charge in [0.2, 0.25) is 11.8 Å². The number of rotatable bonds is 4. The number of piperidine rings is 1. The molecule has 4 N–H and O–H groups in total. The number of hydrogen-bond acceptors (Lipinski definition) is 3. The zero-order valence-electron chi connectivity index (χ0n) is 11.5. The molecule has 2 rings (SSSR count). The Kier molecular flexibility index (Phi) is 4.74. The highest BCUT2D eigenvalue weighted by Gasteiger charge is 2.26. The first-order valence-electron chi connectivity index (χ1n) is 6.95. The van der Waals surface area contributed by atoms with Gasteiger partial charge in [0.25, 0.3) is 0 Å². The largest absolute Gasteiger partial charge is 0.369 e. The van der Waals surface area contributed by atoms with Crippen LogP contribution in [0.2, 0.25) is 0 Å². The predicted octanol–water partition coefficient (Wildman–Crippen LogP) is 0.800. The molecule has 1 aromatic rings. The Labute approximate surface area is 118 Å². The molecule has 1 heterocycles. The van der Waals surface area contributed by atoms with Crippen molar-refractivity contribution in [3.05, 3.63) is 35.9 Å². The molecule has 2 amide bonds. The van der Waals surface area contributed by atoms with Gasteiger partial charge in [-0.3, -0.25) is 9.59 Å². The van der Waals surface area contributed by atoms with E-state index in [2.05, 4.69) is 0 Å². The molecule has 0 aliphatic carbocycles. The van der Waals surface area contributed by atoms with Gasteiger partial charge in [-0.05, 0) is 18.4 Å². The minimum absolute atomic E-state index is 0.0456. The van der Waals surface area contributed by atoms with E-state index in [1.807, 2.05) is 30.3 Å². The number of primary amides is 1. The summed E-state index contributed by atoms with van der Waals surface area (Å²) in [5, 5.41) is 0. The molecule has 1 unspecified atom stereocenters. The molecular formula is C15H21N3O2. The summed E-state index contributed by atoms with van der Waals surface area (Å²) in [5.41, 5.74) is 12.3. The van der Waals surface area contributed by atoms with Gasteiger partial charge in [0.05, 0.1) is 0 Å². The summed E-state index contributed by atoms with van der Waals surface area (Å²) < 4.78 is 0. The summed E-state index contributed by atoms with van der Waals surface area (Å²) in [5.74, 6) is -0.316. The first kappa shape index (κ1) is 14.5. The van der Waals surface area contributed by atoms with Crippen LogP contribution in [-0.2, 0) is 9.59 Å². The van der Waals surface area contributed by atoms with Gasteiger partial charge in [-0.2, -0.15) is 0 Å². The molecule has 0 radical (unpaired) electrons. The van der Waals surface area contributed by atoms with Gasteiger partial charge < -0.3 is 16.4 Å². The second-order valence-corrected chi connectivity index (χ2v) is 5.28. The lowest BCUT2D eigenvalue weighted by molar-refractivity contribution is -0.135. The summed E-state index contributed by atoms with van der Waals surface area (Å²) in [7, 11) is 0. The molecule has 20 heavy (non-hydrogen) atoms. The number of benzene rings is 1. The summed E-state index contributed by atoms with van der Waals surface area (Å²) in [6.45, 7) is 1.18. The number of carbonyl (C=O) groups is 2. The highest BCUT2D eigenvalue weighted by Crippen LogP contribution is 2.20. The van der Waals surface area contributed by atoms with E-state index in [1.165, 1.54) is 0 Å². The molecule has 1 atom stereocenters. The van der Waals surface area contributed by atoms with Gasteiger partial charge in [0, 0.05) is 31.5 Å². The van der Waals surface area contributed by atoms with Crippen LogP contribution in [0.15, 0.2) is 30.3 Å². The molecule has 1 saturated heterocycles. The molecule has 0 bridgehead atoms. The fraction of sp³-hybridized carbons (Fsp3) is 0.467. The van der Waals surface area contributed by atoms with E-state index in [0.29, 0.717) is 32.4 Å². The average molecular weight is 275 g/mol. The molecule has 0 saturated carbocycles. The lowest BCUT2D eigenvalue weighted by Gasteiger charge is -2.31. The van der Waals surface area contributed by atoms with Gasteiger partial charge >= 0.3 is 0 Å². The van der Waals surface area contributed by atoms with Crippen LogP contribution in [0.5, 0.6) is 0 Å². The van der Waals surface area contributed by atoms with Crippen LogP contribution in [-0.4, -0.2) is 29.8 Å². The van der Waals surface area contributed by atoms with Crippen LogP contribution >= 0.6 is 0 Å². The summed E-state index contributed by atoms with van der Waals surface area (Å²) in [6.07, 6.45) is 1.61. The molecule has 1 fully saturated rings. The molecule has 1 aliphatic heterocycles. The van der Waals surface area contributed by atoms with Crippen LogP contribution in [0.1, 0.15) is 30.9 Å². The maximum atomic E-state index is 12.2. The van der Waals surface area contributed by atoms with Crippen LogP contribution < -0.4 is 11.5 Å². The molecular weight excluding hydrogens is 254 g/mol. The molecule has 1 aliphatic rings. The van der Waals surface area contributed by atoms with E-state index < -0.39 is 0 Å². The molecule has 5 heteroatoms. The van der Waals surface area contributed by atoms with Crippen molar-refractivity contribution >= 4 is 11.8 Å². The second kappa shape index (κ2) is 6.52. The molecule has 5 nitrogen and oxygen atoms in total. The van der Waals surface area contributed by atoms with Crippen molar-refractivity contribution in [1.29, 1.82) is 0 Å². The zero-order valence-corrected chi connectivity index (χ0v) is 11.5. The Bertz CT molecular complexity index is 467. The predicted molar refractivity (Wildman–Crippen MR) is 76.5 cm³/mol. The quantitative estimate of drug-likeness (QED) is 0.851. The maximum Gasteiger partial charge on any atom is 0.224 e. The van der Waals surface area contributed by atoms with Crippen LogP contribution in [0.25, 0.3) is 0 Å². The van der Waals surface area contributed by atoms with Crippen LogP contribution in [0.3, 0.4) is 0 Å². The first-order valence-corrected chi connectivity index (χ1v) is 6.95. The smallest absolute Gasteiger partial charge is 0.224 e. The average Bonchev–Trinajstić information content (AvgIpc) is 2.48. The lowest BCUT2D eigenvalue weighted by atomic mass is 9.95. The van der Waals surface area contributed by atoms with Gasteiger partial charge in [0.15, 0.2) is 0 Å². The Morgan fingerprint density at radius 3 is 2.35 bits per heavy atom. The third-order valence-corrected chi connectivity index (χ3v) is 3.87. The Hall–Kier alpha value is -1.88. The van der Waals surface area contributed by atoms with Crippen molar-refractivity contribution in [3.63, 3.8) is 0 Å². The lowest BCUT2D eigenvalue weighted by Crippen LogP contribution is -2.42. The van der Waals surface area contributed by atoms with E-state index in [1.54, 1.807) is 4.90 Å². The van der Waals surface area contributed by atoms with Gasteiger partial charge in [-0.1, -0.05) is 30.3 Å². The Balaban J connectivity index is 1.85. The molecule has 1 aromatic carbocycles. The number of carbonyl (C=O) groups excluding carboxylic acids is 2. The number of amides is 2. The highest BCUT2D eigenvalue weighted by molar-refractivity contribution is 5.79. The molecule has 0 aromatic heterocycles. The normalized spacial score (nSPS) is 17.8. The number of nitrogens with zero attached hydrogens (tertiary/aromatic N) is 1. The van der Waals surface area contributed by atoms with E-state index in [-0.39, 0.29) is 23.8 Å². The summed E-state index contributed by atoms with van der Waals surface area (Å²) in [4.78, 5) is 25.1. The fourth-order valence-corrected chi connectivity index (χ4v) is 2.55. The summed E-state index contributed by atoms with van der Waals surface area (Å²) >= 11 is 0. The third kappa shape index (κ3) is 3.57. The van der Waals surface area contributed by atoms with Crippen molar-refractivity contribution in [2.45, 2.75) is 25.3 Å². The standard InChI is InChI=1S/C15H21N3O2/c16-13(11-4-2-1-3-5-11)10-14(19)18-8-6-12(7-9-18)15(17)20/h1-5,12-13H,6-10,16H2,(H2,17,20). The van der Waals surface area contributed by atoms with Crippen molar-refractivity contribution in [2.75, 3.05) is 13.1 Å². The molecule has 108 valence electrons. The van der Waals surface area contributed by atoms with Crippen molar-refractivity contribution < 1.29 is 9.59 Å². The minimum Gasteiger partial charge on any atom is -0.369 e. The van der Waals surface area contributed by atoms with Crippen LogP contribution in [0, 0.1) is 5.92 Å². The van der Waals surface area contributed by atoms with Crippen molar-refractivity contribution in [2.24, 2.45) is 17.4 Å². The van der Waals surface area contributed by atoms with E-state index in [4.69, 9.17) is 11.5 Å². The monoisotopic (exact) mass is 275 g/mol. The Morgan fingerprint density at radius 2 is 1.80 bits per heavy atom. The molecule has 0 spiro atoms. The second-order valence-electron chi connectivity index (χ2n) is 5.28. The van der Waals surface area contributed by atoms with Crippen molar-refractivity contribution in [3.8, 4) is 0 Å². The number of nitrogens with two attached hydrogens (primary N) is 2. The Morgan fingerprint density at radius 1 is 1.20 bits per heavy atom. The third-order valence-electron chi connectivity index (χ3n) is 3.87. The van der Waals surface area contributed by atoms with Crippen molar-refractivity contribution in [1.82, 2.24) is 4.90 Å². The first-order chi connectivity index (χ1) is 9.58. The van der Waals surface area contributed by atoms with Gasteiger partial charge in [-0.25, -0.2) is 0 Å². The minimum atomic E-state index is -0.280. The number of hydrogen-bond donors (Lipinski definition) is 2. The number of likely N-dealkylation sites (tertiary alicyclic amines) is 1. The maximum absolute atomic E-state index is 12.2. The highest BCUT2D eigenvalue weighted by atomic mass is 16.2. The zero-order chi connectivity index (χ0) is 14.5. The summed E-state index contributed by atoms with van der Waals surface area (Å²) in [6, 6.07) is 9.33. The van der Waals surface area contributed by atoms with Gasteiger partial charge in [-0.15, -0.1) is 0 Å². The van der Waals surface area contributed by atoms with E-state index in [0.717, 1.165) is 5.56 Å². The fourth-order valence-electron chi connectivity index (χ4n) is 2.55.